The largest absolute Gasteiger partial charge is 0.481 e. The molecule has 1 rings (SSSR count). The van der Waals surface area contributed by atoms with Crippen LogP contribution >= 0.6 is 0 Å². The molecule has 0 saturated heterocycles. The number of carbonyl (C=O) groups is 3. The first-order valence-electron chi connectivity index (χ1n) is 6.53. The number of carboxylic acids is 1. The maximum Gasteiger partial charge on any atom is 0.328 e. The van der Waals surface area contributed by atoms with Crippen LogP contribution in [0.5, 0.6) is 5.75 Å². The van der Waals surface area contributed by atoms with E-state index < -0.39 is 23.9 Å². The number of ether oxygens (including phenoxy) is 1. The van der Waals surface area contributed by atoms with E-state index in [9.17, 15) is 14.4 Å². The molecule has 22 heavy (non-hydrogen) atoms. The Bertz CT molecular complexity index is 590. The van der Waals surface area contributed by atoms with Gasteiger partial charge in [-0.25, -0.2) is 4.79 Å². The van der Waals surface area contributed by atoms with Gasteiger partial charge >= 0.3 is 5.97 Å². The maximum absolute atomic E-state index is 11.8. The zero-order valence-electron chi connectivity index (χ0n) is 12.5. The Balaban J connectivity index is 2.51. The summed E-state index contributed by atoms with van der Waals surface area (Å²) in [6, 6.07) is 5.57. The fourth-order valence-corrected chi connectivity index (χ4v) is 1.67. The van der Waals surface area contributed by atoms with E-state index >= 15 is 0 Å². The van der Waals surface area contributed by atoms with Gasteiger partial charge in [0.15, 0.2) is 6.10 Å². The van der Waals surface area contributed by atoms with E-state index in [1.807, 2.05) is 19.9 Å². The summed E-state index contributed by atoms with van der Waals surface area (Å²) in [5, 5.41) is 8.36. The van der Waals surface area contributed by atoms with Crippen LogP contribution in [0.1, 0.15) is 18.1 Å². The molecule has 0 saturated carbocycles. The van der Waals surface area contributed by atoms with E-state index in [0.717, 1.165) is 17.2 Å². The molecule has 1 aromatic carbocycles. The second-order valence-corrected chi connectivity index (χ2v) is 4.73. The van der Waals surface area contributed by atoms with Crippen molar-refractivity contribution in [3.8, 4) is 5.75 Å². The molecule has 2 amide bonds. The lowest BCUT2D eigenvalue weighted by molar-refractivity contribution is -0.132. The van der Waals surface area contributed by atoms with Gasteiger partial charge in [0.05, 0.1) is 0 Å². The molecule has 0 aliphatic rings. The quantitative estimate of drug-likeness (QED) is 0.553. The van der Waals surface area contributed by atoms with Crippen molar-refractivity contribution < 1.29 is 24.2 Å². The molecule has 0 spiro atoms. The summed E-state index contributed by atoms with van der Waals surface area (Å²) in [6.07, 6.45) is 0.625. The second-order valence-electron chi connectivity index (χ2n) is 4.73. The lowest BCUT2D eigenvalue weighted by Crippen LogP contribution is -2.46. The maximum atomic E-state index is 11.8. The number of nitrogens with one attached hydrogen (secondary N) is 2. The number of hydrogen-bond donors (Lipinski definition) is 3. The topological polar surface area (TPSA) is 105 Å². The number of amides is 2. The van der Waals surface area contributed by atoms with Crippen molar-refractivity contribution in [2.24, 2.45) is 0 Å². The summed E-state index contributed by atoms with van der Waals surface area (Å²) in [5.41, 5.74) is 6.22. The molecular weight excluding hydrogens is 288 g/mol. The minimum atomic E-state index is -1.26. The highest BCUT2D eigenvalue weighted by Crippen LogP contribution is 2.17. The minimum Gasteiger partial charge on any atom is -0.481 e. The molecule has 0 radical (unpaired) electrons. The fourth-order valence-electron chi connectivity index (χ4n) is 1.67. The molecular formula is C15H18N2O5. The van der Waals surface area contributed by atoms with Crippen LogP contribution in [0.15, 0.2) is 30.4 Å². The number of aryl methyl sites for hydroxylation is 2. The van der Waals surface area contributed by atoms with Crippen LogP contribution in [-0.2, 0) is 14.4 Å². The normalized spacial score (nSPS) is 11.8. The van der Waals surface area contributed by atoms with Gasteiger partial charge in [0.1, 0.15) is 5.75 Å². The smallest absolute Gasteiger partial charge is 0.328 e. The highest BCUT2D eigenvalue weighted by atomic mass is 16.5. The van der Waals surface area contributed by atoms with Crippen LogP contribution in [0.25, 0.3) is 0 Å². The van der Waals surface area contributed by atoms with Crippen molar-refractivity contribution in [3.05, 3.63) is 41.5 Å². The molecule has 0 bridgehead atoms. The summed E-state index contributed by atoms with van der Waals surface area (Å²) < 4.78 is 5.49. The molecule has 7 nitrogen and oxygen atoms in total. The van der Waals surface area contributed by atoms with Crippen molar-refractivity contribution in [2.45, 2.75) is 26.9 Å². The second kappa shape index (κ2) is 7.82. The van der Waals surface area contributed by atoms with E-state index in [1.165, 1.54) is 6.92 Å². The van der Waals surface area contributed by atoms with E-state index in [1.54, 1.807) is 12.1 Å². The third-order valence-corrected chi connectivity index (χ3v) is 2.56. The van der Waals surface area contributed by atoms with Crippen LogP contribution < -0.4 is 15.6 Å². The monoisotopic (exact) mass is 306 g/mol. The molecule has 0 fully saturated rings. The summed E-state index contributed by atoms with van der Waals surface area (Å²) in [6.45, 7) is 5.37. The molecule has 1 atom stereocenters. The summed E-state index contributed by atoms with van der Waals surface area (Å²) in [7, 11) is 0. The molecule has 3 N–H and O–H groups in total. The number of hydrogen-bond acceptors (Lipinski definition) is 4. The molecule has 0 heterocycles. The van der Waals surface area contributed by atoms with Crippen LogP contribution in [0.2, 0.25) is 0 Å². The van der Waals surface area contributed by atoms with E-state index in [4.69, 9.17) is 9.84 Å². The van der Waals surface area contributed by atoms with Gasteiger partial charge in [-0.3, -0.25) is 20.4 Å². The van der Waals surface area contributed by atoms with Crippen molar-refractivity contribution in [2.75, 3.05) is 0 Å². The first-order chi connectivity index (χ1) is 10.3. The van der Waals surface area contributed by atoms with Crippen LogP contribution in [0, 0.1) is 13.8 Å². The zero-order chi connectivity index (χ0) is 16.7. The van der Waals surface area contributed by atoms with E-state index in [0.29, 0.717) is 11.8 Å². The highest BCUT2D eigenvalue weighted by molar-refractivity contribution is 5.95. The minimum absolute atomic E-state index is 0.553. The average Bonchev–Trinajstić information content (AvgIpc) is 2.41. The zero-order valence-corrected chi connectivity index (χ0v) is 12.5. The Hall–Kier alpha value is -2.83. The summed E-state index contributed by atoms with van der Waals surface area (Å²) in [4.78, 5) is 33.2. The van der Waals surface area contributed by atoms with Crippen molar-refractivity contribution in [1.82, 2.24) is 10.9 Å². The third kappa shape index (κ3) is 6.08. The molecule has 0 aliphatic heterocycles. The van der Waals surface area contributed by atoms with Gasteiger partial charge in [0.25, 0.3) is 11.8 Å². The number of aliphatic carboxylic acids is 1. The SMILES string of the molecule is Cc1cc(C)cc(O[C@@H](C)C(=O)NNC(=O)/C=C/C(=O)O)c1. The van der Waals surface area contributed by atoms with Gasteiger partial charge < -0.3 is 9.84 Å². The van der Waals surface area contributed by atoms with Crippen molar-refractivity contribution >= 4 is 17.8 Å². The third-order valence-electron chi connectivity index (χ3n) is 2.56. The van der Waals surface area contributed by atoms with Gasteiger partial charge in [0, 0.05) is 12.2 Å². The molecule has 1 aromatic rings. The molecule has 0 aliphatic carbocycles. The number of benzene rings is 1. The van der Waals surface area contributed by atoms with Crippen molar-refractivity contribution in [3.63, 3.8) is 0 Å². The molecule has 0 unspecified atom stereocenters. The number of rotatable bonds is 5. The molecule has 0 aromatic heterocycles. The fraction of sp³-hybridized carbons (Fsp3) is 0.267. The van der Waals surface area contributed by atoms with Gasteiger partial charge in [-0.2, -0.15) is 0 Å². The Morgan fingerprint density at radius 3 is 2.23 bits per heavy atom. The van der Waals surface area contributed by atoms with Gasteiger partial charge in [-0.1, -0.05) is 6.07 Å². The first kappa shape index (κ1) is 17.2. The summed E-state index contributed by atoms with van der Waals surface area (Å²) >= 11 is 0. The Morgan fingerprint density at radius 1 is 1.09 bits per heavy atom. The lowest BCUT2D eigenvalue weighted by Gasteiger charge is -2.15. The van der Waals surface area contributed by atoms with Gasteiger partial charge in [-0.15, -0.1) is 0 Å². The standard InChI is InChI=1S/C15H18N2O5/c1-9-6-10(2)8-12(7-9)22-11(3)15(21)17-16-13(18)4-5-14(19)20/h4-8,11H,1-3H3,(H,16,18)(H,17,21)(H,19,20)/b5-4+/t11-/m0/s1. The first-order valence-corrected chi connectivity index (χ1v) is 6.53. The Labute approximate surface area is 127 Å². The predicted molar refractivity (Wildman–Crippen MR) is 79.1 cm³/mol. The molecule has 118 valence electrons. The summed E-state index contributed by atoms with van der Waals surface area (Å²) in [5.74, 6) is -2.02. The lowest BCUT2D eigenvalue weighted by atomic mass is 10.1. The van der Waals surface area contributed by atoms with Crippen LogP contribution in [0.3, 0.4) is 0 Å². The van der Waals surface area contributed by atoms with Crippen molar-refractivity contribution in [1.29, 1.82) is 0 Å². The van der Waals surface area contributed by atoms with E-state index in [-0.39, 0.29) is 0 Å². The van der Waals surface area contributed by atoms with E-state index in [2.05, 4.69) is 10.9 Å². The Kier molecular flexibility index (Phi) is 6.12. The predicted octanol–water partition coefficient (Wildman–Crippen LogP) is 0.859. The number of carboxylic acid groups (broad SMARTS) is 1. The average molecular weight is 306 g/mol. The van der Waals surface area contributed by atoms with Gasteiger partial charge in [0.2, 0.25) is 0 Å². The van der Waals surface area contributed by atoms with Crippen LogP contribution in [0.4, 0.5) is 0 Å². The van der Waals surface area contributed by atoms with Crippen LogP contribution in [-0.4, -0.2) is 29.0 Å². The number of hydrazine groups is 1. The number of carbonyl (C=O) groups excluding carboxylic acids is 2. The highest BCUT2D eigenvalue weighted by Gasteiger charge is 2.15. The van der Waals surface area contributed by atoms with Gasteiger partial charge in [-0.05, 0) is 44.0 Å². The molecule has 7 heteroatoms. The Morgan fingerprint density at radius 2 is 1.68 bits per heavy atom.